The molecule has 6 nitrogen and oxygen atoms in total. The molecule has 0 aromatic carbocycles. The van der Waals surface area contributed by atoms with Gasteiger partial charge in [-0.15, -0.1) is 0 Å². The Morgan fingerprint density at radius 3 is 2.55 bits per heavy atom. The minimum atomic E-state index is -0.00199. The number of rotatable bonds is 8. The minimum Gasteiger partial charge on any atom is -0.461 e. The summed E-state index contributed by atoms with van der Waals surface area (Å²) in [6.07, 6.45) is 1.12. The van der Waals surface area contributed by atoms with E-state index in [-0.39, 0.29) is 17.4 Å². The van der Waals surface area contributed by atoms with Gasteiger partial charge in [-0.25, -0.2) is 0 Å². The van der Waals surface area contributed by atoms with E-state index in [0.29, 0.717) is 12.0 Å². The van der Waals surface area contributed by atoms with Crippen LogP contribution < -0.4 is 10.1 Å². The van der Waals surface area contributed by atoms with E-state index in [4.69, 9.17) is 16.3 Å². The third kappa shape index (κ3) is 5.88. The number of ether oxygens (including phenoxy) is 1. The van der Waals surface area contributed by atoms with Gasteiger partial charge in [0.25, 0.3) is 0 Å². The molecule has 1 unspecified atom stereocenters. The average molecular weight is 302 g/mol. The molecule has 114 valence electrons. The lowest BCUT2D eigenvalue weighted by atomic mass is 10.2. The van der Waals surface area contributed by atoms with Crippen LogP contribution in [0.5, 0.6) is 6.01 Å². The van der Waals surface area contributed by atoms with Crippen molar-refractivity contribution in [2.75, 3.05) is 25.5 Å². The number of nitrogens with zero attached hydrogens (tertiary/aromatic N) is 4. The minimum absolute atomic E-state index is 0.00199. The topological polar surface area (TPSA) is 63.2 Å². The molecule has 0 fully saturated rings. The van der Waals surface area contributed by atoms with Crippen LogP contribution in [0.2, 0.25) is 5.28 Å². The number of aromatic nitrogens is 3. The molecule has 1 rings (SSSR count). The molecule has 0 aliphatic rings. The number of anilines is 1. The van der Waals surface area contributed by atoms with Crippen molar-refractivity contribution in [1.29, 1.82) is 0 Å². The maximum Gasteiger partial charge on any atom is 0.322 e. The van der Waals surface area contributed by atoms with Gasteiger partial charge in [-0.1, -0.05) is 6.92 Å². The Morgan fingerprint density at radius 1 is 1.25 bits per heavy atom. The number of halogens is 1. The van der Waals surface area contributed by atoms with Gasteiger partial charge in [0, 0.05) is 19.1 Å². The van der Waals surface area contributed by atoms with E-state index in [2.05, 4.69) is 46.1 Å². The number of nitrogens with one attached hydrogen (secondary N) is 1. The fraction of sp³-hybridized carbons (Fsp3) is 0.769. The lowest BCUT2D eigenvalue weighted by Gasteiger charge is -2.23. The molecule has 20 heavy (non-hydrogen) atoms. The van der Waals surface area contributed by atoms with Gasteiger partial charge in [0.15, 0.2) is 0 Å². The molecule has 0 bridgehead atoms. The molecule has 0 amide bonds. The molecule has 1 N–H and O–H groups in total. The SMILES string of the molecule is CCC(C)N(C)CCNc1nc(Cl)nc(OC(C)C)n1. The third-order valence-electron chi connectivity index (χ3n) is 3.02. The fourth-order valence-electron chi connectivity index (χ4n) is 1.55. The smallest absolute Gasteiger partial charge is 0.322 e. The van der Waals surface area contributed by atoms with Crippen molar-refractivity contribution in [3.8, 4) is 6.01 Å². The first-order valence-corrected chi connectivity index (χ1v) is 7.32. The molecule has 0 aliphatic heterocycles. The molecular weight excluding hydrogens is 278 g/mol. The van der Waals surface area contributed by atoms with Crippen LogP contribution in [0.3, 0.4) is 0 Å². The Bertz CT molecular complexity index is 416. The Kier molecular flexibility index (Phi) is 6.95. The Balaban J connectivity index is 2.53. The predicted octanol–water partition coefficient (Wildman–Crippen LogP) is 2.45. The van der Waals surface area contributed by atoms with Crippen LogP contribution in [0.15, 0.2) is 0 Å². The molecule has 0 saturated carbocycles. The van der Waals surface area contributed by atoms with E-state index in [1.54, 1.807) is 0 Å². The zero-order chi connectivity index (χ0) is 15.1. The second kappa shape index (κ2) is 8.21. The summed E-state index contributed by atoms with van der Waals surface area (Å²) in [5, 5.41) is 3.27. The van der Waals surface area contributed by atoms with Crippen LogP contribution in [-0.4, -0.2) is 52.1 Å². The first kappa shape index (κ1) is 16.9. The van der Waals surface area contributed by atoms with Gasteiger partial charge in [-0.05, 0) is 45.8 Å². The highest BCUT2D eigenvalue weighted by Crippen LogP contribution is 2.12. The monoisotopic (exact) mass is 301 g/mol. The first-order chi connectivity index (χ1) is 9.42. The highest BCUT2D eigenvalue weighted by Gasteiger charge is 2.09. The van der Waals surface area contributed by atoms with Gasteiger partial charge >= 0.3 is 6.01 Å². The quantitative estimate of drug-likeness (QED) is 0.796. The molecule has 7 heteroatoms. The van der Waals surface area contributed by atoms with Crippen LogP contribution >= 0.6 is 11.6 Å². The Morgan fingerprint density at radius 2 is 1.95 bits per heavy atom. The molecule has 1 heterocycles. The summed E-state index contributed by atoms with van der Waals surface area (Å²) in [6, 6.07) is 0.802. The zero-order valence-corrected chi connectivity index (χ0v) is 13.6. The highest BCUT2D eigenvalue weighted by atomic mass is 35.5. The van der Waals surface area contributed by atoms with Gasteiger partial charge in [-0.2, -0.15) is 15.0 Å². The van der Waals surface area contributed by atoms with E-state index < -0.39 is 0 Å². The van der Waals surface area contributed by atoms with E-state index in [9.17, 15) is 0 Å². The molecule has 0 aliphatic carbocycles. The molecule has 0 saturated heterocycles. The second-order valence-corrected chi connectivity index (χ2v) is 5.38. The van der Waals surface area contributed by atoms with Crippen LogP contribution in [0.4, 0.5) is 5.95 Å². The summed E-state index contributed by atoms with van der Waals surface area (Å²) in [4.78, 5) is 14.4. The third-order valence-corrected chi connectivity index (χ3v) is 3.19. The number of hydrogen-bond acceptors (Lipinski definition) is 6. The first-order valence-electron chi connectivity index (χ1n) is 6.94. The van der Waals surface area contributed by atoms with Crippen LogP contribution in [-0.2, 0) is 0 Å². The van der Waals surface area contributed by atoms with Crippen molar-refractivity contribution in [3.63, 3.8) is 0 Å². The summed E-state index contributed by atoms with van der Waals surface area (Å²) in [5.74, 6) is 0.443. The van der Waals surface area contributed by atoms with Crippen molar-refractivity contribution < 1.29 is 4.74 Å². The summed E-state index contributed by atoms with van der Waals surface area (Å²) >= 11 is 5.86. The van der Waals surface area contributed by atoms with E-state index in [0.717, 1.165) is 19.5 Å². The fourth-order valence-corrected chi connectivity index (χ4v) is 1.70. The van der Waals surface area contributed by atoms with Gasteiger partial charge in [0.05, 0.1) is 6.10 Å². The lowest BCUT2D eigenvalue weighted by molar-refractivity contribution is 0.221. The van der Waals surface area contributed by atoms with E-state index in [1.807, 2.05) is 13.8 Å². The summed E-state index contributed by atoms with van der Waals surface area (Å²) in [5.41, 5.74) is 0. The maximum atomic E-state index is 5.86. The standard InChI is InChI=1S/C13H24ClN5O/c1-6-10(4)19(5)8-7-15-12-16-11(14)17-13(18-12)20-9(2)3/h9-10H,6-8H2,1-5H3,(H,15,16,17,18). The number of likely N-dealkylation sites (N-methyl/N-ethyl adjacent to an activating group) is 1. The van der Waals surface area contributed by atoms with Crippen molar-refractivity contribution in [2.24, 2.45) is 0 Å². The second-order valence-electron chi connectivity index (χ2n) is 5.04. The van der Waals surface area contributed by atoms with E-state index >= 15 is 0 Å². The normalized spacial score (nSPS) is 12.8. The lowest BCUT2D eigenvalue weighted by Crippen LogP contribution is -2.33. The molecule has 0 radical (unpaired) electrons. The number of hydrogen-bond donors (Lipinski definition) is 1. The zero-order valence-electron chi connectivity index (χ0n) is 12.9. The van der Waals surface area contributed by atoms with Crippen LogP contribution in [0.25, 0.3) is 0 Å². The molecular formula is C13H24ClN5O. The van der Waals surface area contributed by atoms with Crippen LogP contribution in [0.1, 0.15) is 34.1 Å². The molecule has 1 atom stereocenters. The van der Waals surface area contributed by atoms with Crippen LogP contribution in [0, 0.1) is 0 Å². The van der Waals surface area contributed by atoms with Crippen molar-refractivity contribution in [1.82, 2.24) is 19.9 Å². The van der Waals surface area contributed by atoms with E-state index in [1.165, 1.54) is 0 Å². The summed E-state index contributed by atoms with van der Waals surface area (Å²) in [6.45, 7) is 9.84. The molecule has 1 aromatic rings. The summed E-state index contributed by atoms with van der Waals surface area (Å²) in [7, 11) is 2.10. The van der Waals surface area contributed by atoms with Crippen molar-refractivity contribution in [3.05, 3.63) is 5.28 Å². The van der Waals surface area contributed by atoms with Crippen molar-refractivity contribution >= 4 is 17.5 Å². The van der Waals surface area contributed by atoms with Gasteiger partial charge < -0.3 is 15.0 Å². The van der Waals surface area contributed by atoms with Gasteiger partial charge in [-0.3, -0.25) is 0 Å². The Hall–Kier alpha value is -1.14. The predicted molar refractivity (Wildman–Crippen MR) is 81.5 cm³/mol. The average Bonchev–Trinajstić information content (AvgIpc) is 2.36. The maximum absolute atomic E-state index is 5.86. The van der Waals surface area contributed by atoms with Gasteiger partial charge in [0.1, 0.15) is 0 Å². The van der Waals surface area contributed by atoms with Gasteiger partial charge in [0.2, 0.25) is 11.2 Å². The largest absolute Gasteiger partial charge is 0.461 e. The van der Waals surface area contributed by atoms with Crippen molar-refractivity contribution in [2.45, 2.75) is 46.3 Å². The highest BCUT2D eigenvalue weighted by molar-refractivity contribution is 6.28. The molecule has 1 aromatic heterocycles. The summed E-state index contributed by atoms with van der Waals surface area (Å²) < 4.78 is 5.42. The Labute approximate surface area is 125 Å². The molecule has 0 spiro atoms.